The zero-order valence-corrected chi connectivity index (χ0v) is 12.9. The van der Waals surface area contributed by atoms with Crippen molar-refractivity contribution >= 4 is 46.2 Å². The Morgan fingerprint density at radius 2 is 1.95 bits per heavy atom. The maximum Gasteiger partial charge on any atom is 0.264 e. The standard InChI is InChI=1S/C16H11ClN2O2S/c17-11-4-6-12(7-5-11)18-16-19-15(21)14(22-16)9-10-2-1-3-13(20)8-10/h1-9,20H,(H,18,19,21)/b14-9+. The van der Waals surface area contributed by atoms with E-state index in [1.807, 2.05) is 6.07 Å². The third-order valence-electron chi connectivity index (χ3n) is 2.88. The highest BCUT2D eigenvalue weighted by atomic mass is 35.5. The quantitative estimate of drug-likeness (QED) is 0.820. The summed E-state index contributed by atoms with van der Waals surface area (Å²) in [4.78, 5) is 16.8. The van der Waals surface area contributed by atoms with Crippen molar-refractivity contribution < 1.29 is 9.90 Å². The third kappa shape index (κ3) is 3.50. The summed E-state index contributed by atoms with van der Waals surface area (Å²) in [6.07, 6.45) is 1.71. The van der Waals surface area contributed by atoms with Gasteiger partial charge in [0, 0.05) is 5.02 Å². The Bertz CT molecular complexity index is 785. The summed E-state index contributed by atoms with van der Waals surface area (Å²) < 4.78 is 0. The summed E-state index contributed by atoms with van der Waals surface area (Å²) in [5.41, 5.74) is 1.47. The second-order valence-electron chi connectivity index (χ2n) is 4.55. The van der Waals surface area contributed by atoms with Crippen LogP contribution in [0.1, 0.15) is 5.56 Å². The number of hydrogen-bond donors (Lipinski definition) is 2. The largest absolute Gasteiger partial charge is 0.508 e. The minimum absolute atomic E-state index is 0.160. The van der Waals surface area contributed by atoms with Crippen LogP contribution < -0.4 is 5.32 Å². The Morgan fingerprint density at radius 1 is 1.18 bits per heavy atom. The van der Waals surface area contributed by atoms with Crippen molar-refractivity contribution in [1.29, 1.82) is 0 Å². The first-order chi connectivity index (χ1) is 10.6. The molecule has 6 heteroatoms. The molecule has 1 amide bonds. The number of carbonyl (C=O) groups is 1. The lowest BCUT2D eigenvalue weighted by Crippen LogP contribution is -2.19. The Morgan fingerprint density at radius 3 is 2.68 bits per heavy atom. The molecule has 2 N–H and O–H groups in total. The number of amides is 1. The monoisotopic (exact) mass is 330 g/mol. The van der Waals surface area contributed by atoms with E-state index in [4.69, 9.17) is 11.6 Å². The number of aromatic hydroxyl groups is 1. The topological polar surface area (TPSA) is 61.7 Å². The highest BCUT2D eigenvalue weighted by Crippen LogP contribution is 2.28. The molecule has 3 rings (SSSR count). The normalized spacial score (nSPS) is 18.0. The first-order valence-electron chi connectivity index (χ1n) is 6.44. The number of phenols is 1. The number of nitrogens with one attached hydrogen (secondary N) is 1. The molecule has 1 fully saturated rings. The fraction of sp³-hybridized carbons (Fsp3) is 0. The molecule has 1 heterocycles. The molecule has 0 saturated carbocycles. The number of nitrogens with zero attached hydrogens (tertiary/aromatic N) is 1. The SMILES string of the molecule is O=C1NC(=Nc2ccc(Cl)cc2)S/C1=C/c1cccc(O)c1. The second-order valence-corrected chi connectivity index (χ2v) is 6.02. The van der Waals surface area contributed by atoms with E-state index in [0.29, 0.717) is 20.8 Å². The van der Waals surface area contributed by atoms with Crippen LogP contribution in [0, 0.1) is 0 Å². The van der Waals surface area contributed by atoms with Crippen LogP contribution >= 0.6 is 23.4 Å². The molecule has 1 saturated heterocycles. The van der Waals surface area contributed by atoms with Gasteiger partial charge in [-0.15, -0.1) is 0 Å². The molecule has 0 radical (unpaired) electrons. The first kappa shape index (κ1) is 14.7. The van der Waals surface area contributed by atoms with Gasteiger partial charge in [-0.1, -0.05) is 23.7 Å². The van der Waals surface area contributed by atoms with Gasteiger partial charge >= 0.3 is 0 Å². The molecule has 22 heavy (non-hydrogen) atoms. The summed E-state index contributed by atoms with van der Waals surface area (Å²) in [5, 5.41) is 13.3. The van der Waals surface area contributed by atoms with Crippen LogP contribution in [0.2, 0.25) is 5.02 Å². The van der Waals surface area contributed by atoms with Crippen molar-refractivity contribution in [1.82, 2.24) is 5.32 Å². The number of amidine groups is 1. The summed E-state index contributed by atoms with van der Waals surface area (Å²) in [5.74, 6) is -0.0473. The van der Waals surface area contributed by atoms with Crippen molar-refractivity contribution in [3.05, 3.63) is 64.0 Å². The molecule has 2 aromatic rings. The molecule has 1 aliphatic rings. The lowest BCUT2D eigenvalue weighted by molar-refractivity contribution is -0.115. The molecule has 2 aromatic carbocycles. The third-order valence-corrected chi connectivity index (χ3v) is 4.04. The van der Waals surface area contributed by atoms with Crippen LogP contribution in [0.3, 0.4) is 0 Å². The molecule has 0 aromatic heterocycles. The van der Waals surface area contributed by atoms with Gasteiger partial charge in [-0.2, -0.15) is 0 Å². The minimum atomic E-state index is -0.207. The fourth-order valence-corrected chi connectivity index (χ4v) is 2.85. The van der Waals surface area contributed by atoms with Gasteiger partial charge in [-0.25, -0.2) is 4.99 Å². The van der Waals surface area contributed by atoms with E-state index >= 15 is 0 Å². The van der Waals surface area contributed by atoms with Gasteiger partial charge in [0.2, 0.25) is 0 Å². The second kappa shape index (κ2) is 6.25. The average Bonchev–Trinajstić information content (AvgIpc) is 2.81. The molecule has 110 valence electrons. The van der Waals surface area contributed by atoms with E-state index in [1.54, 1.807) is 48.5 Å². The molecular weight excluding hydrogens is 320 g/mol. The number of phenolic OH excluding ortho intramolecular Hbond substituents is 1. The van der Waals surface area contributed by atoms with Crippen LogP contribution in [0.5, 0.6) is 5.75 Å². The fourth-order valence-electron chi connectivity index (χ4n) is 1.88. The van der Waals surface area contributed by atoms with Crippen LogP contribution in [0.4, 0.5) is 5.69 Å². The van der Waals surface area contributed by atoms with Gasteiger partial charge in [0.25, 0.3) is 5.91 Å². The molecular formula is C16H11ClN2O2S. The van der Waals surface area contributed by atoms with Crippen molar-refractivity contribution in [2.24, 2.45) is 4.99 Å². The average molecular weight is 331 g/mol. The van der Waals surface area contributed by atoms with Crippen LogP contribution in [-0.2, 0) is 4.79 Å². The Hall–Kier alpha value is -2.24. The van der Waals surface area contributed by atoms with Gasteiger partial charge in [0.15, 0.2) is 5.17 Å². The number of hydrogen-bond acceptors (Lipinski definition) is 4. The number of carbonyl (C=O) groups excluding carboxylic acids is 1. The van der Waals surface area contributed by atoms with Crippen molar-refractivity contribution in [3.8, 4) is 5.75 Å². The Balaban J connectivity index is 1.82. The number of aliphatic imine (C=N–C) groups is 1. The van der Waals surface area contributed by atoms with Gasteiger partial charge in [0.05, 0.1) is 10.6 Å². The van der Waals surface area contributed by atoms with E-state index in [-0.39, 0.29) is 11.7 Å². The van der Waals surface area contributed by atoms with E-state index in [1.165, 1.54) is 11.8 Å². The van der Waals surface area contributed by atoms with Crippen LogP contribution in [-0.4, -0.2) is 16.2 Å². The summed E-state index contributed by atoms with van der Waals surface area (Å²) in [7, 11) is 0. The van der Waals surface area contributed by atoms with Gasteiger partial charge in [0.1, 0.15) is 5.75 Å². The van der Waals surface area contributed by atoms with Gasteiger partial charge in [-0.3, -0.25) is 4.79 Å². The Labute approximate surface area is 136 Å². The number of thioether (sulfide) groups is 1. The molecule has 0 unspecified atom stereocenters. The van der Waals surface area contributed by atoms with Crippen molar-refractivity contribution in [2.75, 3.05) is 0 Å². The lowest BCUT2D eigenvalue weighted by atomic mass is 10.2. The van der Waals surface area contributed by atoms with Crippen molar-refractivity contribution in [3.63, 3.8) is 0 Å². The maximum atomic E-state index is 12.0. The molecule has 0 bridgehead atoms. The summed E-state index contributed by atoms with van der Waals surface area (Å²) in [6, 6.07) is 13.7. The highest BCUT2D eigenvalue weighted by molar-refractivity contribution is 8.18. The van der Waals surface area contributed by atoms with Gasteiger partial charge in [-0.05, 0) is 59.8 Å². The molecule has 0 atom stereocenters. The summed E-state index contributed by atoms with van der Waals surface area (Å²) in [6.45, 7) is 0. The lowest BCUT2D eigenvalue weighted by Gasteiger charge is -1.96. The zero-order valence-electron chi connectivity index (χ0n) is 11.3. The summed E-state index contributed by atoms with van der Waals surface area (Å²) >= 11 is 7.08. The molecule has 0 spiro atoms. The van der Waals surface area contributed by atoms with E-state index in [2.05, 4.69) is 10.3 Å². The van der Waals surface area contributed by atoms with Crippen LogP contribution in [0.15, 0.2) is 58.4 Å². The Kier molecular flexibility index (Phi) is 4.18. The zero-order chi connectivity index (χ0) is 15.5. The highest BCUT2D eigenvalue weighted by Gasteiger charge is 2.23. The number of benzene rings is 2. The minimum Gasteiger partial charge on any atom is -0.508 e. The smallest absolute Gasteiger partial charge is 0.264 e. The predicted molar refractivity (Wildman–Crippen MR) is 90.4 cm³/mol. The van der Waals surface area contributed by atoms with E-state index < -0.39 is 0 Å². The number of rotatable bonds is 2. The van der Waals surface area contributed by atoms with Crippen LogP contribution in [0.25, 0.3) is 6.08 Å². The first-order valence-corrected chi connectivity index (χ1v) is 7.64. The molecule has 4 nitrogen and oxygen atoms in total. The van der Waals surface area contributed by atoms with E-state index in [0.717, 1.165) is 5.56 Å². The van der Waals surface area contributed by atoms with Crippen molar-refractivity contribution in [2.45, 2.75) is 0 Å². The van der Waals surface area contributed by atoms with Gasteiger partial charge < -0.3 is 10.4 Å². The number of halogens is 1. The molecule has 0 aliphatic carbocycles. The maximum absolute atomic E-state index is 12.0. The molecule has 1 aliphatic heterocycles. The predicted octanol–water partition coefficient (Wildman–Crippen LogP) is 3.94. The van der Waals surface area contributed by atoms with E-state index in [9.17, 15) is 9.90 Å².